The predicted octanol–water partition coefficient (Wildman–Crippen LogP) is 4.06. The molecule has 3 heterocycles. The van der Waals surface area contributed by atoms with E-state index in [1.165, 1.54) is 0 Å². The van der Waals surface area contributed by atoms with E-state index < -0.39 is 0 Å². The first kappa shape index (κ1) is 16.3. The van der Waals surface area contributed by atoms with Gasteiger partial charge in [0.2, 0.25) is 0 Å². The van der Waals surface area contributed by atoms with Crippen molar-refractivity contribution in [2.24, 2.45) is 0 Å². The zero-order valence-electron chi connectivity index (χ0n) is 15.0. The minimum Gasteiger partial charge on any atom is -0.294 e. The SMILES string of the molecule is O=c1c2cccnc2ncn1Cc1ccc(-c2cnc3ccccc3c2)cc1. The number of pyridine rings is 2. The molecule has 2 aromatic carbocycles. The second-order valence-electron chi connectivity index (χ2n) is 6.67. The Morgan fingerprint density at radius 1 is 0.821 bits per heavy atom. The fourth-order valence-electron chi connectivity index (χ4n) is 3.34. The van der Waals surface area contributed by atoms with Crippen molar-refractivity contribution in [3.05, 3.63) is 101 Å². The highest BCUT2D eigenvalue weighted by molar-refractivity contribution is 5.83. The average Bonchev–Trinajstić information content (AvgIpc) is 2.76. The molecule has 0 bridgehead atoms. The number of aromatic nitrogens is 4. The van der Waals surface area contributed by atoms with E-state index in [1.807, 2.05) is 36.5 Å². The lowest BCUT2D eigenvalue weighted by atomic mass is 10.0. The van der Waals surface area contributed by atoms with E-state index in [9.17, 15) is 4.79 Å². The Morgan fingerprint density at radius 3 is 2.57 bits per heavy atom. The van der Waals surface area contributed by atoms with Crippen molar-refractivity contribution < 1.29 is 0 Å². The van der Waals surface area contributed by atoms with Gasteiger partial charge in [-0.05, 0) is 35.4 Å². The lowest BCUT2D eigenvalue weighted by Gasteiger charge is -2.08. The van der Waals surface area contributed by atoms with Crippen molar-refractivity contribution in [2.45, 2.75) is 6.54 Å². The fourth-order valence-corrected chi connectivity index (χ4v) is 3.34. The van der Waals surface area contributed by atoms with Gasteiger partial charge in [0.05, 0.1) is 17.4 Å². The maximum absolute atomic E-state index is 12.6. The molecular weight excluding hydrogens is 348 g/mol. The molecule has 0 spiro atoms. The second kappa shape index (κ2) is 6.70. The Balaban J connectivity index is 1.45. The first-order chi connectivity index (χ1) is 13.8. The first-order valence-electron chi connectivity index (χ1n) is 9.02. The van der Waals surface area contributed by atoms with E-state index in [4.69, 9.17) is 0 Å². The van der Waals surface area contributed by atoms with Gasteiger partial charge in [0.25, 0.3) is 5.56 Å². The minimum absolute atomic E-state index is 0.0825. The summed E-state index contributed by atoms with van der Waals surface area (Å²) >= 11 is 0. The van der Waals surface area contributed by atoms with E-state index in [0.29, 0.717) is 17.6 Å². The van der Waals surface area contributed by atoms with Crippen LogP contribution in [0.4, 0.5) is 0 Å². The third-order valence-corrected chi connectivity index (χ3v) is 4.83. The molecule has 5 aromatic rings. The molecule has 0 atom stereocenters. The number of hydrogen-bond acceptors (Lipinski definition) is 4. The maximum atomic E-state index is 12.6. The predicted molar refractivity (Wildman–Crippen MR) is 110 cm³/mol. The molecule has 0 amide bonds. The van der Waals surface area contributed by atoms with Crippen molar-refractivity contribution >= 4 is 21.9 Å². The molecule has 0 unspecified atom stereocenters. The normalized spacial score (nSPS) is 11.1. The zero-order chi connectivity index (χ0) is 18.9. The van der Waals surface area contributed by atoms with Gasteiger partial charge >= 0.3 is 0 Å². The molecule has 0 fully saturated rings. The molecule has 5 rings (SSSR count). The monoisotopic (exact) mass is 364 g/mol. The van der Waals surface area contributed by atoms with Gasteiger partial charge in [-0.3, -0.25) is 14.3 Å². The number of para-hydroxylation sites is 1. The van der Waals surface area contributed by atoms with Gasteiger partial charge in [-0.25, -0.2) is 9.97 Å². The summed E-state index contributed by atoms with van der Waals surface area (Å²) in [6, 6.07) is 21.9. The molecule has 0 saturated carbocycles. The lowest BCUT2D eigenvalue weighted by molar-refractivity contribution is 0.747. The summed E-state index contributed by atoms with van der Waals surface area (Å²) in [7, 11) is 0. The van der Waals surface area contributed by atoms with Crippen LogP contribution in [0.2, 0.25) is 0 Å². The zero-order valence-corrected chi connectivity index (χ0v) is 15.0. The van der Waals surface area contributed by atoms with Crippen LogP contribution in [0.3, 0.4) is 0 Å². The highest BCUT2D eigenvalue weighted by Crippen LogP contribution is 2.23. The van der Waals surface area contributed by atoms with Crippen molar-refractivity contribution in [2.75, 3.05) is 0 Å². The van der Waals surface area contributed by atoms with Crippen LogP contribution < -0.4 is 5.56 Å². The Bertz CT molecular complexity index is 1360. The third kappa shape index (κ3) is 2.93. The number of hydrogen-bond donors (Lipinski definition) is 0. The second-order valence-corrected chi connectivity index (χ2v) is 6.67. The van der Waals surface area contributed by atoms with Gasteiger partial charge in [-0.1, -0.05) is 42.5 Å². The topological polar surface area (TPSA) is 60.7 Å². The van der Waals surface area contributed by atoms with Crippen molar-refractivity contribution in [1.29, 1.82) is 0 Å². The van der Waals surface area contributed by atoms with Crippen molar-refractivity contribution in [3.8, 4) is 11.1 Å². The molecule has 134 valence electrons. The lowest BCUT2D eigenvalue weighted by Crippen LogP contribution is -2.21. The Hall–Kier alpha value is -3.86. The van der Waals surface area contributed by atoms with Crippen LogP contribution >= 0.6 is 0 Å². The van der Waals surface area contributed by atoms with Crippen LogP contribution in [-0.4, -0.2) is 19.5 Å². The van der Waals surface area contributed by atoms with Gasteiger partial charge in [-0.2, -0.15) is 0 Å². The quantitative estimate of drug-likeness (QED) is 0.484. The smallest absolute Gasteiger partial charge is 0.263 e. The van der Waals surface area contributed by atoms with Crippen LogP contribution in [0.15, 0.2) is 90.2 Å². The summed E-state index contributed by atoms with van der Waals surface area (Å²) in [5, 5.41) is 1.65. The number of nitrogens with zero attached hydrogens (tertiary/aromatic N) is 4. The average molecular weight is 364 g/mol. The van der Waals surface area contributed by atoms with Gasteiger partial charge in [-0.15, -0.1) is 0 Å². The van der Waals surface area contributed by atoms with E-state index in [0.717, 1.165) is 27.6 Å². The first-order valence-corrected chi connectivity index (χ1v) is 9.02. The van der Waals surface area contributed by atoms with Crippen LogP contribution in [0, 0.1) is 0 Å². The van der Waals surface area contributed by atoms with Crippen LogP contribution in [0.1, 0.15) is 5.56 Å². The standard InChI is InChI=1S/C23H16N4O/c28-23-20-5-3-11-24-22(20)26-15-27(23)14-16-7-9-17(10-8-16)19-12-18-4-1-2-6-21(18)25-13-19/h1-13,15H,14H2. The fraction of sp³-hybridized carbons (Fsp3) is 0.0435. The van der Waals surface area contributed by atoms with E-state index in [2.05, 4.69) is 39.2 Å². The molecule has 0 N–H and O–H groups in total. The molecule has 0 radical (unpaired) electrons. The molecular formula is C23H16N4O. The molecule has 0 saturated heterocycles. The molecule has 5 nitrogen and oxygen atoms in total. The van der Waals surface area contributed by atoms with Crippen LogP contribution in [0.25, 0.3) is 33.1 Å². The number of rotatable bonds is 3. The Kier molecular flexibility index (Phi) is 3.91. The summed E-state index contributed by atoms with van der Waals surface area (Å²) in [6.07, 6.45) is 5.08. The minimum atomic E-state index is -0.0825. The summed E-state index contributed by atoms with van der Waals surface area (Å²) in [4.78, 5) is 25.6. The van der Waals surface area contributed by atoms with E-state index in [1.54, 1.807) is 29.2 Å². The molecule has 0 aliphatic rings. The van der Waals surface area contributed by atoms with Crippen LogP contribution in [0.5, 0.6) is 0 Å². The highest BCUT2D eigenvalue weighted by Gasteiger charge is 2.06. The summed E-state index contributed by atoms with van der Waals surface area (Å²) in [5.41, 5.74) is 4.57. The molecule has 28 heavy (non-hydrogen) atoms. The molecule has 5 heteroatoms. The Morgan fingerprint density at radius 2 is 1.68 bits per heavy atom. The largest absolute Gasteiger partial charge is 0.294 e. The summed E-state index contributed by atoms with van der Waals surface area (Å²) in [6.45, 7) is 0.465. The van der Waals surface area contributed by atoms with Gasteiger partial charge in [0.15, 0.2) is 5.65 Å². The molecule has 3 aromatic heterocycles. The number of fused-ring (bicyclic) bond motifs is 2. The van der Waals surface area contributed by atoms with Crippen molar-refractivity contribution in [1.82, 2.24) is 19.5 Å². The summed E-state index contributed by atoms with van der Waals surface area (Å²) < 4.78 is 1.61. The molecule has 0 aliphatic carbocycles. The summed E-state index contributed by atoms with van der Waals surface area (Å²) in [5.74, 6) is 0. The highest BCUT2D eigenvalue weighted by atomic mass is 16.1. The van der Waals surface area contributed by atoms with E-state index >= 15 is 0 Å². The maximum Gasteiger partial charge on any atom is 0.263 e. The van der Waals surface area contributed by atoms with Gasteiger partial charge in [0, 0.05) is 23.3 Å². The number of benzene rings is 2. The Labute approximate surface area is 161 Å². The van der Waals surface area contributed by atoms with Crippen molar-refractivity contribution in [3.63, 3.8) is 0 Å². The van der Waals surface area contributed by atoms with Gasteiger partial charge in [0.1, 0.15) is 6.33 Å². The van der Waals surface area contributed by atoms with E-state index in [-0.39, 0.29) is 5.56 Å². The van der Waals surface area contributed by atoms with Crippen LogP contribution in [-0.2, 0) is 6.54 Å². The van der Waals surface area contributed by atoms with Gasteiger partial charge < -0.3 is 0 Å². The third-order valence-electron chi connectivity index (χ3n) is 4.83. The molecule has 0 aliphatic heterocycles.